The second kappa shape index (κ2) is 7.51. The molecule has 0 saturated carbocycles. The Morgan fingerprint density at radius 3 is 2.88 bits per heavy atom. The predicted molar refractivity (Wildman–Crippen MR) is 91.0 cm³/mol. The molecule has 0 bridgehead atoms. The second-order valence-electron chi connectivity index (χ2n) is 5.94. The molecule has 0 aliphatic carbocycles. The van der Waals surface area contributed by atoms with Gasteiger partial charge in [0.2, 0.25) is 0 Å². The molecule has 2 aromatic rings. The molecule has 1 fully saturated rings. The Morgan fingerprint density at radius 2 is 2.23 bits per heavy atom. The van der Waals surface area contributed by atoms with Gasteiger partial charge in [0.05, 0.1) is 5.69 Å². The van der Waals surface area contributed by atoms with Crippen LogP contribution in [0.5, 0.6) is 0 Å². The van der Waals surface area contributed by atoms with Gasteiger partial charge in [-0.05, 0) is 24.6 Å². The number of aromatic nitrogens is 2. The molecule has 9 heteroatoms. The van der Waals surface area contributed by atoms with Crippen LogP contribution in [0.25, 0.3) is 11.1 Å². The summed E-state index contributed by atoms with van der Waals surface area (Å²) in [5.74, 6) is -0.287. The van der Waals surface area contributed by atoms with Crippen molar-refractivity contribution in [3.05, 3.63) is 41.7 Å². The number of alkyl halides is 2. The summed E-state index contributed by atoms with van der Waals surface area (Å²) in [6.07, 6.45) is 1.27. The van der Waals surface area contributed by atoms with Crippen molar-refractivity contribution in [3.63, 3.8) is 0 Å². The third-order valence-corrected chi connectivity index (χ3v) is 4.16. The summed E-state index contributed by atoms with van der Waals surface area (Å²) in [7, 11) is 0. The van der Waals surface area contributed by atoms with E-state index in [-0.39, 0.29) is 11.9 Å². The van der Waals surface area contributed by atoms with Crippen molar-refractivity contribution in [1.29, 1.82) is 0 Å². The van der Waals surface area contributed by atoms with Gasteiger partial charge in [-0.25, -0.2) is 9.48 Å². The molecule has 2 N–H and O–H groups in total. The van der Waals surface area contributed by atoms with E-state index < -0.39 is 6.55 Å². The Hall–Kier alpha value is -2.97. The fourth-order valence-corrected chi connectivity index (χ4v) is 2.82. The van der Waals surface area contributed by atoms with Gasteiger partial charge < -0.3 is 15.5 Å². The van der Waals surface area contributed by atoms with Crippen molar-refractivity contribution in [2.24, 2.45) is 0 Å². The van der Waals surface area contributed by atoms with Gasteiger partial charge in [-0.3, -0.25) is 4.79 Å². The third-order valence-electron chi connectivity index (χ3n) is 4.16. The van der Waals surface area contributed by atoms with E-state index in [9.17, 15) is 18.4 Å². The standard InChI is InChI=1S/C17H19F2N5O2/c1-11-14(10-24(22-11)16(18)19)12-3-2-4-13(9-12)15(25)20-5-7-23-8-6-21-17(23)26/h2-4,9-10,16H,5-8H2,1H3,(H,20,25)(H,21,26). The smallest absolute Gasteiger partial charge is 0.333 e. The van der Waals surface area contributed by atoms with Crippen LogP contribution < -0.4 is 10.6 Å². The SMILES string of the molecule is Cc1nn(C(F)F)cc1-c1cccc(C(=O)NCCN2CCNC2=O)c1. The molecule has 0 radical (unpaired) electrons. The van der Waals surface area contributed by atoms with Gasteiger partial charge in [0.1, 0.15) is 0 Å². The molecular weight excluding hydrogens is 344 g/mol. The molecule has 26 heavy (non-hydrogen) atoms. The molecule has 7 nitrogen and oxygen atoms in total. The van der Waals surface area contributed by atoms with E-state index in [1.54, 1.807) is 36.1 Å². The van der Waals surface area contributed by atoms with Crippen LogP contribution in [0.4, 0.5) is 13.6 Å². The number of halogens is 2. The number of hydrogen-bond donors (Lipinski definition) is 2. The Morgan fingerprint density at radius 1 is 1.42 bits per heavy atom. The molecule has 1 aliphatic heterocycles. The van der Waals surface area contributed by atoms with Crippen molar-refractivity contribution in [1.82, 2.24) is 25.3 Å². The van der Waals surface area contributed by atoms with Crippen molar-refractivity contribution < 1.29 is 18.4 Å². The summed E-state index contributed by atoms with van der Waals surface area (Å²) in [6, 6.07) is 6.59. The first-order valence-electron chi connectivity index (χ1n) is 8.21. The van der Waals surface area contributed by atoms with Gasteiger partial charge >= 0.3 is 12.6 Å². The Kier molecular flexibility index (Phi) is 5.15. The van der Waals surface area contributed by atoms with E-state index >= 15 is 0 Å². The number of benzene rings is 1. The fraction of sp³-hybridized carbons (Fsp3) is 0.353. The zero-order valence-corrected chi connectivity index (χ0v) is 14.2. The summed E-state index contributed by atoms with van der Waals surface area (Å²) in [5.41, 5.74) is 2.06. The van der Waals surface area contributed by atoms with Crippen LogP contribution in [0, 0.1) is 6.92 Å². The maximum atomic E-state index is 12.8. The Balaban J connectivity index is 1.66. The minimum Gasteiger partial charge on any atom is -0.350 e. The molecule has 2 heterocycles. The first-order valence-corrected chi connectivity index (χ1v) is 8.21. The van der Waals surface area contributed by atoms with Crippen molar-refractivity contribution in [2.75, 3.05) is 26.2 Å². The van der Waals surface area contributed by atoms with Crippen LogP contribution >= 0.6 is 0 Å². The molecule has 1 aromatic carbocycles. The predicted octanol–water partition coefficient (Wildman–Crippen LogP) is 2.01. The number of nitrogens with one attached hydrogen (secondary N) is 2. The first-order chi connectivity index (χ1) is 12.5. The molecule has 1 saturated heterocycles. The van der Waals surface area contributed by atoms with Crippen molar-refractivity contribution >= 4 is 11.9 Å². The molecule has 138 valence electrons. The lowest BCUT2D eigenvalue weighted by atomic mass is 10.0. The number of rotatable bonds is 6. The van der Waals surface area contributed by atoms with Crippen LogP contribution in [0.3, 0.4) is 0 Å². The minimum atomic E-state index is -2.71. The normalized spacial score (nSPS) is 14.0. The molecule has 0 unspecified atom stereocenters. The highest BCUT2D eigenvalue weighted by molar-refractivity contribution is 5.95. The van der Waals surface area contributed by atoms with Crippen LogP contribution in [-0.4, -0.2) is 52.8 Å². The summed E-state index contributed by atoms with van der Waals surface area (Å²) < 4.78 is 26.2. The average Bonchev–Trinajstić information content (AvgIpc) is 3.21. The average molecular weight is 363 g/mol. The first kappa shape index (κ1) is 17.8. The molecule has 3 rings (SSSR count). The molecular formula is C17H19F2N5O2. The van der Waals surface area contributed by atoms with Gasteiger partial charge in [0, 0.05) is 43.5 Å². The van der Waals surface area contributed by atoms with Crippen molar-refractivity contribution in [3.8, 4) is 11.1 Å². The zero-order valence-electron chi connectivity index (χ0n) is 14.2. The topological polar surface area (TPSA) is 79.3 Å². The maximum absolute atomic E-state index is 12.8. The fourth-order valence-electron chi connectivity index (χ4n) is 2.82. The van der Waals surface area contributed by atoms with Crippen LogP contribution in [0.1, 0.15) is 22.6 Å². The van der Waals surface area contributed by atoms with E-state index in [1.807, 2.05) is 0 Å². The molecule has 1 aromatic heterocycles. The Labute approximate surface area is 149 Å². The number of amides is 3. The summed E-state index contributed by atoms with van der Waals surface area (Å²) in [4.78, 5) is 25.4. The zero-order chi connectivity index (χ0) is 18.7. The minimum absolute atomic E-state index is 0.132. The van der Waals surface area contributed by atoms with Crippen molar-refractivity contribution in [2.45, 2.75) is 13.5 Å². The highest BCUT2D eigenvalue weighted by Crippen LogP contribution is 2.25. The molecule has 1 aliphatic rings. The highest BCUT2D eigenvalue weighted by Gasteiger charge is 2.19. The van der Waals surface area contributed by atoms with E-state index in [0.717, 1.165) is 0 Å². The van der Waals surface area contributed by atoms with Crippen LogP contribution in [0.15, 0.2) is 30.5 Å². The quantitative estimate of drug-likeness (QED) is 0.824. The van der Waals surface area contributed by atoms with Gasteiger partial charge in [0.15, 0.2) is 0 Å². The van der Waals surface area contributed by atoms with Gasteiger partial charge in [0.25, 0.3) is 5.91 Å². The van der Waals surface area contributed by atoms with Crippen LogP contribution in [0.2, 0.25) is 0 Å². The lowest BCUT2D eigenvalue weighted by molar-refractivity contribution is 0.0563. The van der Waals surface area contributed by atoms with Gasteiger partial charge in [-0.15, -0.1) is 0 Å². The number of nitrogens with zero attached hydrogens (tertiary/aromatic N) is 3. The maximum Gasteiger partial charge on any atom is 0.333 e. The number of aryl methyl sites for hydroxylation is 1. The summed E-state index contributed by atoms with van der Waals surface area (Å²) >= 11 is 0. The third kappa shape index (κ3) is 3.81. The number of urea groups is 1. The Bertz CT molecular complexity index is 821. The number of carbonyl (C=O) groups is 2. The number of carbonyl (C=O) groups excluding carboxylic acids is 2. The van der Waals surface area contributed by atoms with E-state index in [2.05, 4.69) is 15.7 Å². The lowest BCUT2D eigenvalue weighted by Gasteiger charge is -2.14. The monoisotopic (exact) mass is 363 g/mol. The highest BCUT2D eigenvalue weighted by atomic mass is 19.3. The van der Waals surface area contributed by atoms with Gasteiger partial charge in [-0.1, -0.05) is 12.1 Å². The number of hydrogen-bond acceptors (Lipinski definition) is 3. The molecule has 3 amide bonds. The largest absolute Gasteiger partial charge is 0.350 e. The van der Waals surface area contributed by atoms with E-state index in [0.29, 0.717) is 53.2 Å². The second-order valence-corrected chi connectivity index (χ2v) is 5.94. The van der Waals surface area contributed by atoms with Crippen LogP contribution in [-0.2, 0) is 0 Å². The summed E-state index contributed by atoms with van der Waals surface area (Å²) in [6.45, 7) is 0.924. The van der Waals surface area contributed by atoms with E-state index in [1.165, 1.54) is 6.20 Å². The lowest BCUT2D eigenvalue weighted by Crippen LogP contribution is -2.36. The van der Waals surface area contributed by atoms with Gasteiger partial charge in [-0.2, -0.15) is 13.9 Å². The molecule has 0 spiro atoms. The summed E-state index contributed by atoms with van der Waals surface area (Å²) in [5, 5.41) is 9.24. The molecule has 0 atom stereocenters. The van der Waals surface area contributed by atoms with E-state index in [4.69, 9.17) is 0 Å².